The molecule has 0 radical (unpaired) electrons. The van der Waals surface area contributed by atoms with E-state index in [0.29, 0.717) is 0 Å². The normalized spacial score (nSPS) is 23.1. The van der Waals surface area contributed by atoms with Gasteiger partial charge in [-0.15, -0.1) is 0 Å². The largest absolute Gasteiger partial charge is 0.320 e. The summed E-state index contributed by atoms with van der Waals surface area (Å²) in [4.78, 5) is 2.36. The van der Waals surface area contributed by atoms with Gasteiger partial charge in [0.2, 0.25) is 0 Å². The quantitative estimate of drug-likeness (QED) is 0.929. The van der Waals surface area contributed by atoms with E-state index in [1.54, 1.807) is 12.1 Å². The maximum Gasteiger partial charge on any atom is 0.123 e. The number of likely N-dealkylation sites (tertiary alicyclic amines) is 1. The Morgan fingerprint density at radius 3 is 2.45 bits per heavy atom. The van der Waals surface area contributed by atoms with Gasteiger partial charge in [0.1, 0.15) is 5.82 Å². The van der Waals surface area contributed by atoms with Crippen molar-refractivity contribution in [1.29, 1.82) is 0 Å². The van der Waals surface area contributed by atoms with Crippen molar-refractivity contribution in [1.82, 2.24) is 4.90 Å². The molecule has 2 aromatic rings. The van der Waals surface area contributed by atoms with Crippen molar-refractivity contribution in [3.05, 3.63) is 71.5 Å². The van der Waals surface area contributed by atoms with E-state index in [9.17, 15) is 4.39 Å². The van der Waals surface area contributed by atoms with Crippen molar-refractivity contribution in [3.63, 3.8) is 0 Å². The molecule has 1 fully saturated rings. The lowest BCUT2D eigenvalue weighted by molar-refractivity contribution is 0.304. The average Bonchev–Trinajstić information content (AvgIpc) is 2.83. The second kappa shape index (κ2) is 5.35. The molecule has 0 bridgehead atoms. The minimum absolute atomic E-state index is 0.212. The zero-order valence-electron chi connectivity index (χ0n) is 11.4. The van der Waals surface area contributed by atoms with Crippen molar-refractivity contribution >= 4 is 0 Å². The lowest BCUT2D eigenvalue weighted by Gasteiger charge is -2.25. The minimum atomic E-state index is -0.359. The molecule has 1 atom stereocenters. The standard InChI is InChI=1S/C17H19FN2/c18-16-8-6-15(7-9-16)17(19)10-11-20(13-17)12-14-4-2-1-3-5-14/h1-9H,10-13,19H2. The van der Waals surface area contributed by atoms with Gasteiger partial charge < -0.3 is 5.73 Å². The first-order valence-electron chi connectivity index (χ1n) is 6.97. The van der Waals surface area contributed by atoms with Crippen LogP contribution in [0.15, 0.2) is 54.6 Å². The molecule has 0 amide bonds. The summed E-state index contributed by atoms with van der Waals surface area (Å²) in [6.07, 6.45) is 0.908. The number of hydrogen-bond donors (Lipinski definition) is 1. The zero-order valence-corrected chi connectivity index (χ0v) is 11.4. The van der Waals surface area contributed by atoms with Crippen LogP contribution in [0.5, 0.6) is 0 Å². The van der Waals surface area contributed by atoms with Crippen LogP contribution in [-0.2, 0) is 12.1 Å². The van der Waals surface area contributed by atoms with Gasteiger partial charge in [0.15, 0.2) is 0 Å². The van der Waals surface area contributed by atoms with E-state index < -0.39 is 0 Å². The number of hydrogen-bond acceptors (Lipinski definition) is 2. The highest BCUT2D eigenvalue weighted by atomic mass is 19.1. The van der Waals surface area contributed by atoms with Crippen LogP contribution in [0.25, 0.3) is 0 Å². The Hall–Kier alpha value is -1.71. The van der Waals surface area contributed by atoms with Gasteiger partial charge in [-0.25, -0.2) is 4.39 Å². The molecule has 0 aromatic heterocycles. The van der Waals surface area contributed by atoms with Crippen LogP contribution in [-0.4, -0.2) is 18.0 Å². The molecule has 1 aliphatic heterocycles. The first-order valence-corrected chi connectivity index (χ1v) is 6.97. The second-order valence-corrected chi connectivity index (χ2v) is 5.61. The summed E-state index contributed by atoms with van der Waals surface area (Å²) in [7, 11) is 0. The van der Waals surface area contributed by atoms with E-state index in [4.69, 9.17) is 5.73 Å². The summed E-state index contributed by atoms with van der Waals surface area (Å²) in [6, 6.07) is 17.0. The molecule has 1 saturated heterocycles. The maximum atomic E-state index is 13.0. The minimum Gasteiger partial charge on any atom is -0.320 e. The molecule has 3 rings (SSSR count). The molecule has 3 heteroatoms. The Morgan fingerprint density at radius 1 is 1.05 bits per heavy atom. The molecule has 20 heavy (non-hydrogen) atoms. The first-order chi connectivity index (χ1) is 9.66. The Balaban J connectivity index is 1.71. The third-order valence-electron chi connectivity index (χ3n) is 4.05. The van der Waals surface area contributed by atoms with Crippen LogP contribution in [0.2, 0.25) is 0 Å². The first kappa shape index (κ1) is 13.3. The molecule has 2 aromatic carbocycles. The van der Waals surface area contributed by atoms with E-state index >= 15 is 0 Å². The van der Waals surface area contributed by atoms with E-state index in [0.717, 1.165) is 31.6 Å². The summed E-state index contributed by atoms with van der Waals surface area (Å²) >= 11 is 0. The van der Waals surface area contributed by atoms with Crippen LogP contribution in [0.1, 0.15) is 17.5 Å². The van der Waals surface area contributed by atoms with Crippen molar-refractivity contribution in [3.8, 4) is 0 Å². The lowest BCUT2D eigenvalue weighted by Crippen LogP contribution is -2.39. The molecule has 0 saturated carbocycles. The molecular formula is C17H19FN2. The topological polar surface area (TPSA) is 29.3 Å². The summed E-state index contributed by atoms with van der Waals surface area (Å²) in [5.41, 5.74) is 8.48. The highest BCUT2D eigenvalue weighted by Crippen LogP contribution is 2.30. The fourth-order valence-electron chi connectivity index (χ4n) is 2.91. The molecule has 0 aliphatic carbocycles. The van der Waals surface area contributed by atoms with Crippen molar-refractivity contribution in [2.75, 3.05) is 13.1 Å². The van der Waals surface area contributed by atoms with Gasteiger partial charge in [-0.05, 0) is 29.7 Å². The summed E-state index contributed by atoms with van der Waals surface area (Å²) in [5.74, 6) is -0.212. The van der Waals surface area contributed by atoms with Crippen LogP contribution >= 0.6 is 0 Å². The Bertz CT molecular complexity index is 567. The van der Waals surface area contributed by atoms with E-state index in [1.165, 1.54) is 17.7 Å². The molecule has 2 N–H and O–H groups in total. The van der Waals surface area contributed by atoms with Crippen LogP contribution in [0.4, 0.5) is 4.39 Å². The summed E-state index contributed by atoms with van der Waals surface area (Å²) in [5, 5.41) is 0. The molecule has 104 valence electrons. The molecule has 1 unspecified atom stereocenters. The van der Waals surface area contributed by atoms with E-state index in [2.05, 4.69) is 29.2 Å². The van der Waals surface area contributed by atoms with Crippen LogP contribution < -0.4 is 5.73 Å². The molecule has 0 spiro atoms. The third kappa shape index (κ3) is 2.74. The molecule has 2 nitrogen and oxygen atoms in total. The van der Waals surface area contributed by atoms with Crippen molar-refractivity contribution < 1.29 is 4.39 Å². The van der Waals surface area contributed by atoms with Gasteiger partial charge in [0, 0.05) is 19.6 Å². The highest BCUT2D eigenvalue weighted by Gasteiger charge is 2.35. The fraction of sp³-hybridized carbons (Fsp3) is 0.294. The number of rotatable bonds is 3. The Labute approximate surface area is 119 Å². The van der Waals surface area contributed by atoms with E-state index in [1.807, 2.05) is 6.07 Å². The van der Waals surface area contributed by atoms with Gasteiger partial charge in [-0.2, -0.15) is 0 Å². The van der Waals surface area contributed by atoms with Crippen molar-refractivity contribution in [2.24, 2.45) is 5.73 Å². The number of nitrogens with two attached hydrogens (primary N) is 1. The number of nitrogens with zero attached hydrogens (tertiary/aromatic N) is 1. The maximum absolute atomic E-state index is 13.0. The Kier molecular flexibility index (Phi) is 3.55. The number of halogens is 1. The van der Waals surface area contributed by atoms with Gasteiger partial charge in [0.05, 0.1) is 5.54 Å². The smallest absolute Gasteiger partial charge is 0.123 e. The summed E-state index contributed by atoms with van der Waals surface area (Å²) in [6.45, 7) is 2.71. The average molecular weight is 270 g/mol. The van der Waals surface area contributed by atoms with Crippen LogP contribution in [0.3, 0.4) is 0 Å². The fourth-order valence-corrected chi connectivity index (χ4v) is 2.91. The summed E-state index contributed by atoms with van der Waals surface area (Å²) < 4.78 is 13.0. The van der Waals surface area contributed by atoms with Crippen LogP contribution in [0, 0.1) is 5.82 Å². The predicted octanol–water partition coefficient (Wildman–Crippen LogP) is 2.89. The predicted molar refractivity (Wildman–Crippen MR) is 78.6 cm³/mol. The van der Waals surface area contributed by atoms with Gasteiger partial charge in [-0.1, -0.05) is 42.5 Å². The van der Waals surface area contributed by atoms with E-state index in [-0.39, 0.29) is 11.4 Å². The SMILES string of the molecule is NC1(c2ccc(F)cc2)CCN(Cc2ccccc2)C1. The molecule has 1 aliphatic rings. The number of benzene rings is 2. The molecular weight excluding hydrogens is 251 g/mol. The Morgan fingerprint density at radius 2 is 1.75 bits per heavy atom. The third-order valence-corrected chi connectivity index (χ3v) is 4.05. The van der Waals surface area contributed by atoms with Crippen molar-refractivity contribution in [2.45, 2.75) is 18.5 Å². The van der Waals surface area contributed by atoms with Gasteiger partial charge in [0.25, 0.3) is 0 Å². The monoisotopic (exact) mass is 270 g/mol. The van der Waals surface area contributed by atoms with Gasteiger partial charge in [-0.3, -0.25) is 4.90 Å². The molecule has 1 heterocycles. The highest BCUT2D eigenvalue weighted by molar-refractivity contribution is 5.27. The zero-order chi connectivity index (χ0) is 14.0. The van der Waals surface area contributed by atoms with Gasteiger partial charge >= 0.3 is 0 Å². The second-order valence-electron chi connectivity index (χ2n) is 5.61. The lowest BCUT2D eigenvalue weighted by atomic mass is 9.90.